The minimum Gasteiger partial charge on any atom is -0.382 e. The molecule has 28 heavy (non-hydrogen) atoms. The Hall–Kier alpha value is -2.22. The zero-order valence-electron chi connectivity index (χ0n) is 15.7. The SMILES string of the molecule is CN1CCC(c2ncc(-c3cnc(N)c(NCc4ccnc(Cl)c4)c3)s2)CC1. The largest absolute Gasteiger partial charge is 0.382 e. The number of aromatic nitrogens is 3. The van der Waals surface area contributed by atoms with Crippen molar-refractivity contribution in [2.45, 2.75) is 25.3 Å². The molecule has 6 nitrogen and oxygen atoms in total. The first-order valence-corrected chi connectivity index (χ1v) is 10.5. The van der Waals surface area contributed by atoms with Gasteiger partial charge in [0.05, 0.1) is 15.6 Å². The fraction of sp³-hybridized carbons (Fsp3) is 0.350. The lowest BCUT2D eigenvalue weighted by Crippen LogP contribution is -2.29. The maximum atomic E-state index is 6.07. The zero-order valence-corrected chi connectivity index (χ0v) is 17.3. The van der Waals surface area contributed by atoms with E-state index in [1.807, 2.05) is 30.6 Å². The second-order valence-electron chi connectivity index (χ2n) is 7.14. The number of anilines is 2. The van der Waals surface area contributed by atoms with Crippen LogP contribution in [0.3, 0.4) is 0 Å². The number of pyridine rings is 2. The van der Waals surface area contributed by atoms with Gasteiger partial charge in [-0.25, -0.2) is 15.0 Å². The van der Waals surface area contributed by atoms with Crippen molar-refractivity contribution in [3.63, 3.8) is 0 Å². The highest BCUT2D eigenvalue weighted by Crippen LogP contribution is 2.35. The van der Waals surface area contributed by atoms with Gasteiger partial charge in [0.15, 0.2) is 0 Å². The van der Waals surface area contributed by atoms with E-state index in [1.165, 1.54) is 17.8 Å². The summed E-state index contributed by atoms with van der Waals surface area (Å²) in [6.07, 6.45) is 7.81. The molecule has 0 bridgehead atoms. The first kappa shape index (κ1) is 19.1. The van der Waals surface area contributed by atoms with Crippen LogP contribution in [0, 0.1) is 0 Å². The Balaban J connectivity index is 1.49. The van der Waals surface area contributed by atoms with Gasteiger partial charge in [0.2, 0.25) is 0 Å². The number of nitrogens with two attached hydrogens (primary N) is 1. The van der Waals surface area contributed by atoms with Crippen molar-refractivity contribution in [2.24, 2.45) is 0 Å². The van der Waals surface area contributed by atoms with Crippen molar-refractivity contribution in [3.05, 3.63) is 52.5 Å². The molecule has 0 aromatic carbocycles. The average molecular weight is 415 g/mol. The number of hydrogen-bond donors (Lipinski definition) is 2. The topological polar surface area (TPSA) is 80.0 Å². The van der Waals surface area contributed by atoms with Gasteiger partial charge in [0, 0.05) is 36.6 Å². The number of nitrogens with zero attached hydrogens (tertiary/aromatic N) is 4. The number of nitrogens with one attached hydrogen (secondary N) is 1. The van der Waals surface area contributed by atoms with Crippen molar-refractivity contribution in [2.75, 3.05) is 31.2 Å². The van der Waals surface area contributed by atoms with Gasteiger partial charge in [-0.2, -0.15) is 0 Å². The molecular weight excluding hydrogens is 392 g/mol. The number of nitrogen functional groups attached to an aromatic ring is 1. The summed E-state index contributed by atoms with van der Waals surface area (Å²) in [4.78, 5) is 16.6. The molecule has 0 saturated carbocycles. The van der Waals surface area contributed by atoms with Gasteiger partial charge in [-0.1, -0.05) is 11.6 Å². The third-order valence-corrected chi connectivity index (χ3v) is 6.48. The number of piperidine rings is 1. The zero-order chi connectivity index (χ0) is 19.5. The lowest BCUT2D eigenvalue weighted by Gasteiger charge is -2.27. The summed E-state index contributed by atoms with van der Waals surface area (Å²) in [6.45, 7) is 2.87. The number of likely N-dealkylation sites (tertiary alicyclic amines) is 1. The molecule has 146 valence electrons. The molecule has 4 rings (SSSR count). The Morgan fingerprint density at radius 3 is 2.82 bits per heavy atom. The lowest BCUT2D eigenvalue weighted by molar-refractivity contribution is 0.255. The van der Waals surface area contributed by atoms with E-state index in [0.29, 0.717) is 23.4 Å². The number of rotatable bonds is 5. The van der Waals surface area contributed by atoms with Crippen LogP contribution in [-0.4, -0.2) is 40.0 Å². The Morgan fingerprint density at radius 2 is 2.04 bits per heavy atom. The maximum absolute atomic E-state index is 6.07. The van der Waals surface area contributed by atoms with Crippen LogP contribution in [0.1, 0.15) is 29.3 Å². The average Bonchev–Trinajstić information content (AvgIpc) is 3.18. The number of thiazole rings is 1. The second kappa shape index (κ2) is 8.43. The van der Waals surface area contributed by atoms with E-state index in [0.717, 1.165) is 34.8 Å². The van der Waals surface area contributed by atoms with E-state index in [4.69, 9.17) is 22.3 Å². The van der Waals surface area contributed by atoms with Gasteiger partial charge in [-0.3, -0.25) is 0 Å². The minimum absolute atomic E-state index is 0.476. The summed E-state index contributed by atoms with van der Waals surface area (Å²) in [5.41, 5.74) is 8.94. The molecule has 0 unspecified atom stereocenters. The summed E-state index contributed by atoms with van der Waals surface area (Å²) >= 11 is 7.71. The first-order valence-electron chi connectivity index (χ1n) is 9.33. The normalized spacial score (nSPS) is 15.6. The van der Waals surface area contributed by atoms with Crippen LogP contribution >= 0.6 is 22.9 Å². The van der Waals surface area contributed by atoms with Crippen LogP contribution in [-0.2, 0) is 6.54 Å². The molecule has 1 aliphatic rings. The van der Waals surface area contributed by atoms with Crippen molar-refractivity contribution >= 4 is 34.4 Å². The Kier molecular flexibility index (Phi) is 5.75. The second-order valence-corrected chi connectivity index (χ2v) is 8.59. The van der Waals surface area contributed by atoms with Crippen LogP contribution in [0.25, 0.3) is 10.4 Å². The van der Waals surface area contributed by atoms with Crippen molar-refractivity contribution in [1.29, 1.82) is 0 Å². The Bertz CT molecular complexity index is 951. The smallest absolute Gasteiger partial charge is 0.146 e. The third-order valence-electron chi connectivity index (χ3n) is 5.07. The molecule has 4 heterocycles. The van der Waals surface area contributed by atoms with Gasteiger partial charge in [0.1, 0.15) is 11.0 Å². The summed E-state index contributed by atoms with van der Waals surface area (Å²) < 4.78 is 0. The molecule has 8 heteroatoms. The predicted molar refractivity (Wildman–Crippen MR) is 116 cm³/mol. The molecule has 3 aromatic heterocycles. The van der Waals surface area contributed by atoms with Gasteiger partial charge >= 0.3 is 0 Å². The molecule has 1 fully saturated rings. The van der Waals surface area contributed by atoms with Crippen LogP contribution < -0.4 is 11.1 Å². The Morgan fingerprint density at radius 1 is 1.21 bits per heavy atom. The summed E-state index contributed by atoms with van der Waals surface area (Å²) in [5, 5.41) is 5.05. The van der Waals surface area contributed by atoms with E-state index in [-0.39, 0.29) is 0 Å². The molecule has 0 radical (unpaired) electrons. The van der Waals surface area contributed by atoms with Crippen molar-refractivity contribution in [3.8, 4) is 10.4 Å². The van der Waals surface area contributed by atoms with Gasteiger partial charge in [-0.15, -0.1) is 11.3 Å². The monoisotopic (exact) mass is 414 g/mol. The van der Waals surface area contributed by atoms with E-state index in [1.54, 1.807) is 17.5 Å². The Labute approximate surface area is 173 Å². The molecule has 3 aromatic rings. The molecule has 0 spiro atoms. The van der Waals surface area contributed by atoms with E-state index in [2.05, 4.69) is 27.2 Å². The van der Waals surface area contributed by atoms with Crippen LogP contribution in [0.15, 0.2) is 36.8 Å². The van der Waals surface area contributed by atoms with Gasteiger partial charge in [-0.05, 0) is 56.7 Å². The lowest BCUT2D eigenvalue weighted by atomic mass is 9.98. The molecule has 0 amide bonds. The summed E-state index contributed by atoms with van der Waals surface area (Å²) in [5.74, 6) is 1.04. The minimum atomic E-state index is 0.476. The third kappa shape index (κ3) is 4.43. The van der Waals surface area contributed by atoms with Crippen molar-refractivity contribution < 1.29 is 0 Å². The van der Waals surface area contributed by atoms with E-state index in [9.17, 15) is 0 Å². The van der Waals surface area contributed by atoms with E-state index >= 15 is 0 Å². The number of halogens is 1. The molecule has 0 aliphatic carbocycles. The highest BCUT2D eigenvalue weighted by Gasteiger charge is 2.21. The molecule has 0 atom stereocenters. The molecule has 1 aliphatic heterocycles. The maximum Gasteiger partial charge on any atom is 0.146 e. The van der Waals surface area contributed by atoms with E-state index < -0.39 is 0 Å². The van der Waals surface area contributed by atoms with Gasteiger partial charge < -0.3 is 16.0 Å². The highest BCUT2D eigenvalue weighted by molar-refractivity contribution is 7.15. The summed E-state index contributed by atoms with van der Waals surface area (Å²) in [7, 11) is 2.18. The quantitative estimate of drug-likeness (QED) is 0.607. The predicted octanol–water partition coefficient (Wildman–Crippen LogP) is 4.26. The molecule has 3 N–H and O–H groups in total. The fourth-order valence-electron chi connectivity index (χ4n) is 3.37. The van der Waals surface area contributed by atoms with Crippen LogP contribution in [0.2, 0.25) is 5.15 Å². The van der Waals surface area contributed by atoms with Crippen LogP contribution in [0.5, 0.6) is 0 Å². The van der Waals surface area contributed by atoms with Gasteiger partial charge in [0.25, 0.3) is 0 Å². The number of hydrogen-bond acceptors (Lipinski definition) is 7. The van der Waals surface area contributed by atoms with Crippen LogP contribution in [0.4, 0.5) is 11.5 Å². The summed E-state index contributed by atoms with van der Waals surface area (Å²) in [6, 6.07) is 5.79. The first-order chi connectivity index (χ1) is 13.6. The highest BCUT2D eigenvalue weighted by atomic mass is 35.5. The standard InChI is InChI=1S/C20H23ClN6S/c1-27-6-3-14(4-7-27)20-26-12-17(28-20)15-9-16(19(22)25-11-15)24-10-13-2-5-23-18(21)8-13/h2,5,8-9,11-12,14,24H,3-4,6-7,10H2,1H3,(H2,22,25). The molecular formula is C20H23ClN6S. The van der Waals surface area contributed by atoms with Crippen molar-refractivity contribution in [1.82, 2.24) is 19.9 Å². The molecule has 1 saturated heterocycles. The fourth-order valence-corrected chi connectivity index (χ4v) is 4.63.